The van der Waals surface area contributed by atoms with E-state index in [1.807, 2.05) is 36.4 Å². The molecule has 1 aliphatic rings. The highest BCUT2D eigenvalue weighted by molar-refractivity contribution is 5.94. The molecule has 0 radical (unpaired) electrons. The number of nitrogens with one attached hydrogen (secondary N) is 1. The van der Waals surface area contributed by atoms with Gasteiger partial charge in [0.1, 0.15) is 11.5 Å². The number of carbonyl (C=O) groups excluding carboxylic acids is 1. The zero-order valence-corrected chi connectivity index (χ0v) is 16.3. The van der Waals surface area contributed by atoms with E-state index in [0.717, 1.165) is 24.2 Å². The largest absolute Gasteiger partial charge is 0.497 e. The van der Waals surface area contributed by atoms with E-state index in [-0.39, 0.29) is 5.91 Å². The van der Waals surface area contributed by atoms with Crippen molar-refractivity contribution in [1.82, 2.24) is 15.3 Å². The number of aromatic nitrogens is 2. The second-order valence-corrected chi connectivity index (χ2v) is 7.03. The minimum Gasteiger partial charge on any atom is -0.497 e. The van der Waals surface area contributed by atoms with Crippen LogP contribution in [0.4, 0.5) is 0 Å². The summed E-state index contributed by atoms with van der Waals surface area (Å²) in [4.78, 5) is 21.2. The van der Waals surface area contributed by atoms with Crippen molar-refractivity contribution in [2.75, 3.05) is 7.11 Å². The molecule has 1 aromatic heterocycles. The molecule has 0 aliphatic heterocycles. The van der Waals surface area contributed by atoms with E-state index < -0.39 is 0 Å². The Morgan fingerprint density at radius 1 is 0.966 bits per heavy atom. The molecule has 3 aromatic rings. The van der Waals surface area contributed by atoms with Crippen LogP contribution in [-0.2, 0) is 0 Å². The Morgan fingerprint density at radius 3 is 2.34 bits per heavy atom. The normalized spacial score (nSPS) is 13.8. The summed E-state index contributed by atoms with van der Waals surface area (Å²) in [5.74, 6) is 2.38. The maximum Gasteiger partial charge on any atom is 0.251 e. The van der Waals surface area contributed by atoms with Gasteiger partial charge in [-0.1, -0.05) is 25.0 Å². The zero-order valence-electron chi connectivity index (χ0n) is 16.3. The molecular formula is C23H23N3O3. The highest BCUT2D eigenvalue weighted by Crippen LogP contribution is 2.24. The van der Waals surface area contributed by atoms with Crippen molar-refractivity contribution in [2.24, 2.45) is 0 Å². The van der Waals surface area contributed by atoms with Crippen LogP contribution in [0.15, 0.2) is 60.8 Å². The molecule has 0 unspecified atom stereocenters. The van der Waals surface area contributed by atoms with Crippen molar-refractivity contribution in [3.63, 3.8) is 0 Å². The van der Waals surface area contributed by atoms with Gasteiger partial charge in [0.2, 0.25) is 5.88 Å². The number of methoxy groups -OCH3 is 1. The molecule has 148 valence electrons. The van der Waals surface area contributed by atoms with Crippen molar-refractivity contribution in [3.05, 3.63) is 66.4 Å². The summed E-state index contributed by atoms with van der Waals surface area (Å²) in [6.45, 7) is 0. The quantitative estimate of drug-likeness (QED) is 0.666. The number of carbonyl (C=O) groups is 1. The van der Waals surface area contributed by atoms with Crippen LogP contribution in [0.5, 0.6) is 17.4 Å². The van der Waals surface area contributed by atoms with Crippen LogP contribution in [0.1, 0.15) is 36.0 Å². The van der Waals surface area contributed by atoms with Gasteiger partial charge in [-0.05, 0) is 49.2 Å². The summed E-state index contributed by atoms with van der Waals surface area (Å²) >= 11 is 0. The molecule has 0 atom stereocenters. The van der Waals surface area contributed by atoms with Crippen molar-refractivity contribution in [2.45, 2.75) is 31.7 Å². The number of hydrogen-bond acceptors (Lipinski definition) is 5. The molecule has 1 N–H and O–H groups in total. The van der Waals surface area contributed by atoms with Gasteiger partial charge in [-0.15, -0.1) is 0 Å². The van der Waals surface area contributed by atoms with Crippen LogP contribution in [0.2, 0.25) is 0 Å². The SMILES string of the molecule is COc1ccc(Oc2ccnc(-c3ccc(C(=O)NC4CCCC4)cc3)n2)cc1. The number of benzene rings is 2. The van der Waals surface area contributed by atoms with Gasteiger partial charge in [0.25, 0.3) is 5.91 Å². The lowest BCUT2D eigenvalue weighted by Crippen LogP contribution is -2.32. The number of rotatable bonds is 6. The molecule has 0 bridgehead atoms. The molecule has 6 heteroatoms. The van der Waals surface area contributed by atoms with Crippen LogP contribution in [0.3, 0.4) is 0 Å². The van der Waals surface area contributed by atoms with Gasteiger partial charge in [0.05, 0.1) is 7.11 Å². The Kier molecular flexibility index (Phi) is 5.70. The summed E-state index contributed by atoms with van der Waals surface area (Å²) in [5, 5.41) is 3.10. The Hall–Kier alpha value is -3.41. The van der Waals surface area contributed by atoms with Crippen molar-refractivity contribution < 1.29 is 14.3 Å². The Morgan fingerprint density at radius 2 is 1.66 bits per heavy atom. The topological polar surface area (TPSA) is 73.3 Å². The lowest BCUT2D eigenvalue weighted by molar-refractivity contribution is 0.0938. The fourth-order valence-corrected chi connectivity index (χ4v) is 3.41. The lowest BCUT2D eigenvalue weighted by Gasteiger charge is -2.12. The van der Waals surface area contributed by atoms with E-state index in [1.54, 1.807) is 31.5 Å². The summed E-state index contributed by atoms with van der Waals surface area (Å²) < 4.78 is 11.0. The standard InChI is InChI=1S/C23H23N3O3/c1-28-19-10-12-20(13-11-19)29-21-14-15-24-22(26-21)16-6-8-17(9-7-16)23(27)25-18-4-2-3-5-18/h6-15,18H,2-5H2,1H3,(H,25,27). The molecule has 6 nitrogen and oxygen atoms in total. The maximum absolute atomic E-state index is 12.4. The minimum atomic E-state index is -0.0269. The third-order valence-corrected chi connectivity index (χ3v) is 5.01. The first-order valence-electron chi connectivity index (χ1n) is 9.77. The van der Waals surface area contributed by atoms with E-state index in [9.17, 15) is 4.79 Å². The third kappa shape index (κ3) is 4.71. The van der Waals surface area contributed by atoms with Gasteiger partial charge in [0, 0.05) is 29.4 Å². The maximum atomic E-state index is 12.4. The van der Waals surface area contributed by atoms with Crippen LogP contribution in [0.25, 0.3) is 11.4 Å². The Balaban J connectivity index is 1.45. The number of nitrogens with zero attached hydrogens (tertiary/aromatic N) is 2. The van der Waals surface area contributed by atoms with Crippen LogP contribution >= 0.6 is 0 Å². The van der Waals surface area contributed by atoms with Gasteiger partial charge >= 0.3 is 0 Å². The minimum absolute atomic E-state index is 0.0269. The van der Waals surface area contributed by atoms with Gasteiger partial charge in [0.15, 0.2) is 5.82 Å². The van der Waals surface area contributed by atoms with Gasteiger partial charge < -0.3 is 14.8 Å². The predicted molar refractivity (Wildman–Crippen MR) is 110 cm³/mol. The summed E-state index contributed by atoms with van der Waals surface area (Å²) in [5.41, 5.74) is 1.47. The van der Waals surface area contributed by atoms with Crippen LogP contribution in [-0.4, -0.2) is 29.0 Å². The average Bonchev–Trinajstić information content (AvgIpc) is 3.28. The fourth-order valence-electron chi connectivity index (χ4n) is 3.41. The van der Waals surface area contributed by atoms with E-state index in [1.165, 1.54) is 12.8 Å². The van der Waals surface area contributed by atoms with E-state index in [4.69, 9.17) is 9.47 Å². The van der Waals surface area contributed by atoms with E-state index in [2.05, 4.69) is 15.3 Å². The molecule has 0 spiro atoms. The Bertz CT molecular complexity index is 965. The molecule has 1 heterocycles. The first-order valence-corrected chi connectivity index (χ1v) is 9.77. The lowest BCUT2D eigenvalue weighted by atomic mass is 10.1. The monoisotopic (exact) mass is 389 g/mol. The Labute approximate surface area is 169 Å². The highest BCUT2D eigenvalue weighted by atomic mass is 16.5. The number of ether oxygens (including phenoxy) is 2. The highest BCUT2D eigenvalue weighted by Gasteiger charge is 2.18. The van der Waals surface area contributed by atoms with Gasteiger partial charge in [-0.3, -0.25) is 4.79 Å². The van der Waals surface area contributed by atoms with Crippen LogP contribution in [0, 0.1) is 0 Å². The molecule has 1 saturated carbocycles. The molecule has 29 heavy (non-hydrogen) atoms. The average molecular weight is 389 g/mol. The molecule has 0 saturated heterocycles. The molecule has 2 aromatic carbocycles. The number of amides is 1. The second-order valence-electron chi connectivity index (χ2n) is 7.03. The summed E-state index contributed by atoms with van der Waals surface area (Å²) in [6.07, 6.45) is 6.17. The van der Waals surface area contributed by atoms with Gasteiger partial charge in [-0.2, -0.15) is 4.98 Å². The number of hydrogen-bond donors (Lipinski definition) is 1. The molecular weight excluding hydrogens is 366 g/mol. The smallest absolute Gasteiger partial charge is 0.251 e. The van der Waals surface area contributed by atoms with Crippen molar-refractivity contribution in [1.29, 1.82) is 0 Å². The molecule has 1 aliphatic carbocycles. The summed E-state index contributed by atoms with van der Waals surface area (Å²) in [7, 11) is 1.62. The van der Waals surface area contributed by atoms with Crippen LogP contribution < -0.4 is 14.8 Å². The second kappa shape index (κ2) is 8.73. The van der Waals surface area contributed by atoms with Gasteiger partial charge in [-0.25, -0.2) is 4.98 Å². The zero-order chi connectivity index (χ0) is 20.1. The van der Waals surface area contributed by atoms with Crippen molar-refractivity contribution >= 4 is 5.91 Å². The molecule has 4 rings (SSSR count). The first kappa shape index (κ1) is 18.9. The van der Waals surface area contributed by atoms with Crippen molar-refractivity contribution in [3.8, 4) is 28.8 Å². The summed E-state index contributed by atoms with van der Waals surface area (Å²) in [6, 6.07) is 16.6. The molecule has 1 amide bonds. The third-order valence-electron chi connectivity index (χ3n) is 5.01. The van der Waals surface area contributed by atoms with E-state index in [0.29, 0.717) is 29.1 Å². The van der Waals surface area contributed by atoms with E-state index >= 15 is 0 Å². The fraction of sp³-hybridized carbons (Fsp3) is 0.261. The molecule has 1 fully saturated rings. The first-order chi connectivity index (χ1) is 14.2. The predicted octanol–water partition coefficient (Wildman–Crippen LogP) is 4.62.